The van der Waals surface area contributed by atoms with Gasteiger partial charge in [0.2, 0.25) is 5.91 Å². The first-order valence-electron chi connectivity index (χ1n) is 10.5. The summed E-state index contributed by atoms with van der Waals surface area (Å²) >= 11 is 1.42. The molecule has 1 amide bonds. The lowest BCUT2D eigenvalue weighted by Crippen LogP contribution is -2.25. The van der Waals surface area contributed by atoms with Gasteiger partial charge in [0, 0.05) is 5.56 Å². The molecule has 0 spiro atoms. The van der Waals surface area contributed by atoms with Crippen LogP contribution in [0.25, 0.3) is 0 Å². The summed E-state index contributed by atoms with van der Waals surface area (Å²) in [6.45, 7) is 7.17. The van der Waals surface area contributed by atoms with Gasteiger partial charge in [-0.2, -0.15) is 5.10 Å². The minimum Gasteiger partial charge on any atom is -0.493 e. The fourth-order valence-corrected chi connectivity index (χ4v) is 3.99. The molecule has 2 aromatic carbocycles. The summed E-state index contributed by atoms with van der Waals surface area (Å²) in [5.74, 6) is 1.27. The second-order valence-corrected chi connectivity index (χ2v) is 8.78. The lowest BCUT2D eigenvalue weighted by molar-refractivity contribution is -0.118. The number of rotatable bonds is 9. The molecule has 1 aliphatic rings. The number of nitrogens with zero attached hydrogens (tertiary/aromatic N) is 2. The lowest BCUT2D eigenvalue weighted by Gasteiger charge is -2.08. The highest BCUT2D eigenvalue weighted by molar-refractivity contribution is 8.15. The van der Waals surface area contributed by atoms with Gasteiger partial charge in [-0.15, -0.1) is 5.10 Å². The van der Waals surface area contributed by atoms with Crippen LogP contribution in [0.2, 0.25) is 0 Å². The van der Waals surface area contributed by atoms with Gasteiger partial charge in [-0.25, -0.2) is 0 Å². The molecule has 158 valence electrons. The summed E-state index contributed by atoms with van der Waals surface area (Å²) in [4.78, 5) is 12.3. The highest BCUT2D eigenvalue weighted by Crippen LogP contribution is 2.24. The van der Waals surface area contributed by atoms with Crippen LogP contribution in [0.3, 0.4) is 0 Å². The molecule has 1 fully saturated rings. The van der Waals surface area contributed by atoms with Crippen molar-refractivity contribution in [1.82, 2.24) is 5.32 Å². The zero-order valence-corrected chi connectivity index (χ0v) is 18.6. The van der Waals surface area contributed by atoms with Crippen LogP contribution in [0, 0.1) is 0 Å². The zero-order valence-electron chi connectivity index (χ0n) is 17.8. The quantitative estimate of drug-likeness (QED) is 0.344. The van der Waals surface area contributed by atoms with Crippen molar-refractivity contribution in [2.24, 2.45) is 10.2 Å². The number of benzene rings is 2. The Morgan fingerprint density at radius 2 is 1.93 bits per heavy atom. The van der Waals surface area contributed by atoms with E-state index in [0.29, 0.717) is 24.1 Å². The third kappa shape index (κ3) is 6.20. The molecule has 0 bridgehead atoms. The third-order valence-corrected chi connectivity index (χ3v) is 5.94. The molecule has 0 saturated carbocycles. The van der Waals surface area contributed by atoms with Crippen molar-refractivity contribution < 1.29 is 9.53 Å². The molecule has 3 rings (SSSR count). The summed E-state index contributed by atoms with van der Waals surface area (Å²) in [6.07, 6.45) is 4.44. The van der Waals surface area contributed by atoms with E-state index in [-0.39, 0.29) is 11.2 Å². The molecular weight excluding hydrogens is 394 g/mol. The van der Waals surface area contributed by atoms with E-state index in [1.165, 1.54) is 17.3 Å². The highest BCUT2D eigenvalue weighted by atomic mass is 32.2. The summed E-state index contributed by atoms with van der Waals surface area (Å²) in [7, 11) is 0. The Kier molecular flexibility index (Phi) is 8.08. The molecule has 1 unspecified atom stereocenters. The van der Waals surface area contributed by atoms with Crippen LogP contribution < -0.4 is 10.1 Å². The lowest BCUT2D eigenvalue weighted by atomic mass is 10.0. The van der Waals surface area contributed by atoms with E-state index in [1.54, 1.807) is 6.21 Å². The first-order chi connectivity index (χ1) is 14.6. The van der Waals surface area contributed by atoms with Crippen LogP contribution in [0.5, 0.6) is 5.75 Å². The van der Waals surface area contributed by atoms with Crippen molar-refractivity contribution in [2.45, 2.75) is 51.2 Å². The number of para-hydroxylation sites is 1. The molecule has 2 aromatic rings. The van der Waals surface area contributed by atoms with E-state index in [4.69, 9.17) is 4.74 Å². The van der Waals surface area contributed by atoms with Gasteiger partial charge < -0.3 is 10.1 Å². The molecule has 1 heterocycles. The van der Waals surface area contributed by atoms with Crippen LogP contribution in [0.15, 0.2) is 58.7 Å². The number of hydrogen-bond donors (Lipinski definition) is 1. The molecule has 1 saturated heterocycles. The van der Waals surface area contributed by atoms with Crippen molar-refractivity contribution in [3.8, 4) is 5.75 Å². The maximum Gasteiger partial charge on any atom is 0.239 e. The van der Waals surface area contributed by atoms with Gasteiger partial charge in [0.05, 0.1) is 18.1 Å². The summed E-state index contributed by atoms with van der Waals surface area (Å²) in [5, 5.41) is 11.5. The number of nitrogens with one attached hydrogen (secondary N) is 1. The molecule has 0 aliphatic carbocycles. The molecule has 1 atom stereocenters. The molecule has 6 heteroatoms. The number of carbonyl (C=O) groups excluding carboxylic acids is 1. The van der Waals surface area contributed by atoms with Crippen LogP contribution >= 0.6 is 11.8 Å². The minimum atomic E-state index is -0.187. The second kappa shape index (κ2) is 11.0. The highest BCUT2D eigenvalue weighted by Gasteiger charge is 2.30. The third-order valence-electron chi connectivity index (χ3n) is 4.86. The van der Waals surface area contributed by atoms with Crippen LogP contribution in [-0.2, 0) is 11.2 Å². The maximum atomic E-state index is 12.3. The number of thioether (sulfide) groups is 1. The average Bonchev–Trinajstić information content (AvgIpc) is 3.08. The van der Waals surface area contributed by atoms with E-state index in [0.717, 1.165) is 29.7 Å². The predicted molar refractivity (Wildman–Crippen MR) is 126 cm³/mol. The normalized spacial score (nSPS) is 17.8. The summed E-state index contributed by atoms with van der Waals surface area (Å²) < 4.78 is 5.81. The van der Waals surface area contributed by atoms with Crippen molar-refractivity contribution in [3.05, 3.63) is 65.2 Å². The summed E-state index contributed by atoms with van der Waals surface area (Å²) in [6, 6.07) is 16.2. The standard InChI is InChI=1S/C24H29N3O2S/c1-4-5-14-29-21-9-7-6-8-20(21)16-25-27-24-26-23(28)22(30-24)15-18-10-12-19(13-11-18)17(2)3/h6-13,16-17,22H,4-5,14-15H2,1-3H3,(H,26,27,28). The number of carbonyl (C=O) groups is 1. The van der Waals surface area contributed by atoms with Crippen molar-refractivity contribution in [3.63, 3.8) is 0 Å². The Bertz CT molecular complexity index is 907. The molecule has 30 heavy (non-hydrogen) atoms. The predicted octanol–water partition coefficient (Wildman–Crippen LogP) is 5.15. The minimum absolute atomic E-state index is 0.0230. The largest absolute Gasteiger partial charge is 0.493 e. The van der Waals surface area contributed by atoms with E-state index in [2.05, 4.69) is 60.6 Å². The summed E-state index contributed by atoms with van der Waals surface area (Å²) in [5.41, 5.74) is 3.32. The fourth-order valence-electron chi connectivity index (χ4n) is 3.03. The van der Waals surface area contributed by atoms with Crippen LogP contribution in [-0.4, -0.2) is 29.1 Å². The van der Waals surface area contributed by atoms with Gasteiger partial charge in [-0.1, -0.05) is 75.4 Å². The first kappa shape index (κ1) is 22.1. The number of amidine groups is 1. The number of unbranched alkanes of at least 4 members (excludes halogenated alkanes) is 1. The molecular formula is C24H29N3O2S. The van der Waals surface area contributed by atoms with Crippen molar-refractivity contribution in [1.29, 1.82) is 0 Å². The van der Waals surface area contributed by atoms with Gasteiger partial charge in [0.15, 0.2) is 5.17 Å². The topological polar surface area (TPSA) is 63.1 Å². The fraction of sp³-hybridized carbons (Fsp3) is 0.375. The Morgan fingerprint density at radius 3 is 2.67 bits per heavy atom. The van der Waals surface area contributed by atoms with Crippen molar-refractivity contribution in [2.75, 3.05) is 6.61 Å². The monoisotopic (exact) mass is 423 g/mol. The van der Waals surface area contributed by atoms with Crippen LogP contribution in [0.1, 0.15) is 56.2 Å². The first-order valence-corrected chi connectivity index (χ1v) is 11.3. The maximum absolute atomic E-state index is 12.3. The Balaban J connectivity index is 1.59. The molecule has 5 nitrogen and oxygen atoms in total. The zero-order chi connectivity index (χ0) is 21.3. The van der Waals surface area contributed by atoms with E-state index >= 15 is 0 Å². The second-order valence-electron chi connectivity index (χ2n) is 7.59. The van der Waals surface area contributed by atoms with Gasteiger partial charge in [-0.05, 0) is 42.0 Å². The Labute approximate surface area is 183 Å². The smallest absolute Gasteiger partial charge is 0.239 e. The van der Waals surface area contributed by atoms with Crippen LogP contribution in [0.4, 0.5) is 0 Å². The van der Waals surface area contributed by atoms with Gasteiger partial charge in [-0.3, -0.25) is 4.79 Å². The molecule has 0 radical (unpaired) electrons. The number of amides is 1. The van der Waals surface area contributed by atoms with Gasteiger partial charge >= 0.3 is 0 Å². The van der Waals surface area contributed by atoms with E-state index < -0.39 is 0 Å². The number of hydrogen-bond acceptors (Lipinski definition) is 5. The molecule has 0 aromatic heterocycles. The SMILES string of the molecule is CCCCOc1ccccc1C=N/N=C1/NC(=O)C(Cc2ccc(C(C)C)cc2)S1. The van der Waals surface area contributed by atoms with Gasteiger partial charge in [0.1, 0.15) is 5.75 Å². The average molecular weight is 424 g/mol. The van der Waals surface area contributed by atoms with Gasteiger partial charge in [0.25, 0.3) is 0 Å². The number of ether oxygens (including phenoxy) is 1. The molecule has 1 N–H and O–H groups in total. The Morgan fingerprint density at radius 1 is 1.17 bits per heavy atom. The van der Waals surface area contributed by atoms with E-state index in [1.807, 2.05) is 24.3 Å². The van der Waals surface area contributed by atoms with Crippen molar-refractivity contribution >= 4 is 29.1 Å². The van der Waals surface area contributed by atoms with E-state index in [9.17, 15) is 4.79 Å². The molecule has 1 aliphatic heterocycles. The Hall–Kier alpha value is -2.60.